The number of imide groups is 2. The van der Waals surface area contributed by atoms with E-state index in [9.17, 15) is 19.2 Å². The van der Waals surface area contributed by atoms with Gasteiger partial charge in [-0.05, 0) is 12.0 Å². The molecule has 5 amide bonds. The minimum atomic E-state index is -1.49. The number of hydrogen-bond acceptors (Lipinski definition) is 4. The number of barbiturate groups is 1. The molecule has 1 aliphatic heterocycles. The Morgan fingerprint density at radius 2 is 1.74 bits per heavy atom. The Bertz CT molecular complexity index is 659. The van der Waals surface area contributed by atoms with Crippen LogP contribution in [-0.2, 0) is 19.8 Å². The van der Waals surface area contributed by atoms with Gasteiger partial charge in [0.2, 0.25) is 5.91 Å². The fourth-order valence-corrected chi connectivity index (χ4v) is 2.80. The molecule has 1 aromatic carbocycles. The van der Waals surface area contributed by atoms with Gasteiger partial charge in [0.15, 0.2) is 5.41 Å². The monoisotopic (exact) mass is 317 g/mol. The highest BCUT2D eigenvalue weighted by atomic mass is 16.2. The molecule has 0 bridgehead atoms. The maximum atomic E-state index is 13.0. The lowest BCUT2D eigenvalue weighted by Gasteiger charge is -2.42. The van der Waals surface area contributed by atoms with Crippen molar-refractivity contribution in [2.24, 2.45) is 0 Å². The predicted octanol–water partition coefficient (Wildman–Crippen LogP) is 0.501. The molecule has 0 aromatic heterocycles. The van der Waals surface area contributed by atoms with Gasteiger partial charge in [-0.3, -0.25) is 24.2 Å². The summed E-state index contributed by atoms with van der Waals surface area (Å²) in [4.78, 5) is 51.4. The first-order valence-corrected chi connectivity index (χ1v) is 7.30. The number of nitrogens with zero attached hydrogens (tertiary/aromatic N) is 2. The number of nitrogens with one attached hydrogen (secondary N) is 1. The Balaban J connectivity index is 2.56. The van der Waals surface area contributed by atoms with E-state index in [1.807, 2.05) is 0 Å². The maximum Gasteiger partial charge on any atom is 0.333 e. The van der Waals surface area contributed by atoms with Crippen molar-refractivity contribution >= 4 is 23.8 Å². The Morgan fingerprint density at radius 1 is 1.13 bits per heavy atom. The maximum absolute atomic E-state index is 13.0. The van der Waals surface area contributed by atoms with E-state index in [-0.39, 0.29) is 6.42 Å². The third-order valence-electron chi connectivity index (χ3n) is 4.18. The van der Waals surface area contributed by atoms with E-state index in [4.69, 9.17) is 0 Å². The van der Waals surface area contributed by atoms with Crippen molar-refractivity contribution in [2.45, 2.75) is 18.8 Å². The van der Waals surface area contributed by atoms with Crippen LogP contribution in [0.3, 0.4) is 0 Å². The molecule has 1 aromatic rings. The van der Waals surface area contributed by atoms with Crippen LogP contribution >= 0.6 is 0 Å². The van der Waals surface area contributed by atoms with Crippen molar-refractivity contribution in [2.75, 3.05) is 20.6 Å². The number of carbonyl (C=O) groups is 4. The second-order valence-corrected chi connectivity index (χ2v) is 5.34. The quantitative estimate of drug-likeness (QED) is 0.819. The van der Waals surface area contributed by atoms with Gasteiger partial charge < -0.3 is 5.32 Å². The normalized spacial score (nSPS) is 21.6. The second-order valence-electron chi connectivity index (χ2n) is 5.34. The summed E-state index contributed by atoms with van der Waals surface area (Å²) in [7, 11) is 2.74. The topological polar surface area (TPSA) is 86.8 Å². The number of hydrogen-bond donors (Lipinski definition) is 1. The molecule has 2 rings (SSSR count). The molecule has 1 heterocycles. The molecular formula is C16H19N3O4. The smallest absolute Gasteiger partial charge is 0.333 e. The van der Waals surface area contributed by atoms with Crippen LogP contribution in [0.2, 0.25) is 0 Å². The number of amides is 5. The highest BCUT2D eigenvalue weighted by Crippen LogP contribution is 2.36. The fraction of sp³-hybridized carbons (Fsp3) is 0.375. The summed E-state index contributed by atoms with van der Waals surface area (Å²) in [5.74, 6) is -1.72. The molecule has 0 unspecified atom stereocenters. The zero-order chi connectivity index (χ0) is 17.2. The summed E-state index contributed by atoms with van der Waals surface area (Å²) in [5, 5.41) is 2.38. The molecular weight excluding hydrogens is 298 g/mol. The summed E-state index contributed by atoms with van der Waals surface area (Å²) >= 11 is 0. The third kappa shape index (κ3) is 2.48. The molecule has 0 aliphatic carbocycles. The molecule has 0 saturated carbocycles. The molecule has 1 saturated heterocycles. The molecule has 1 fully saturated rings. The van der Waals surface area contributed by atoms with Crippen LogP contribution in [0.25, 0.3) is 0 Å². The van der Waals surface area contributed by atoms with Crippen LogP contribution in [0.5, 0.6) is 0 Å². The zero-order valence-corrected chi connectivity index (χ0v) is 13.3. The third-order valence-corrected chi connectivity index (χ3v) is 4.18. The van der Waals surface area contributed by atoms with Gasteiger partial charge in [0.05, 0.1) is 0 Å². The van der Waals surface area contributed by atoms with E-state index in [1.165, 1.54) is 14.1 Å². The standard InChI is InChI=1S/C16H19N3O4/c1-4-16(11-8-6-5-7-9-11)13(21)18(3)15(23)19(14(16)22)10-12(20)17-2/h5-9H,4,10H2,1-3H3,(H,17,20)/t16-/m1/s1. The van der Waals surface area contributed by atoms with Crippen LogP contribution in [0.4, 0.5) is 4.79 Å². The molecule has 1 N–H and O–H groups in total. The second kappa shape index (κ2) is 6.20. The number of rotatable bonds is 4. The minimum Gasteiger partial charge on any atom is -0.358 e. The summed E-state index contributed by atoms with van der Waals surface area (Å²) in [5.41, 5.74) is -0.975. The van der Waals surface area contributed by atoms with Gasteiger partial charge in [-0.1, -0.05) is 37.3 Å². The number of carbonyl (C=O) groups excluding carboxylic acids is 4. The lowest BCUT2D eigenvalue weighted by Crippen LogP contribution is -2.67. The lowest BCUT2D eigenvalue weighted by molar-refractivity contribution is -0.153. The van der Waals surface area contributed by atoms with E-state index in [1.54, 1.807) is 37.3 Å². The largest absolute Gasteiger partial charge is 0.358 e. The molecule has 7 heteroatoms. The highest BCUT2D eigenvalue weighted by Gasteiger charge is 2.56. The minimum absolute atomic E-state index is 0.191. The summed E-state index contributed by atoms with van der Waals surface area (Å²) in [6.45, 7) is 1.30. The molecule has 122 valence electrons. The first-order chi connectivity index (χ1) is 10.9. The summed E-state index contributed by atoms with van der Waals surface area (Å²) < 4.78 is 0. The predicted molar refractivity (Wildman–Crippen MR) is 82.4 cm³/mol. The van der Waals surface area contributed by atoms with E-state index >= 15 is 0 Å². The van der Waals surface area contributed by atoms with Crippen molar-refractivity contribution < 1.29 is 19.2 Å². The van der Waals surface area contributed by atoms with Gasteiger partial charge >= 0.3 is 6.03 Å². The number of likely N-dealkylation sites (N-methyl/N-ethyl adjacent to an activating group) is 2. The number of urea groups is 1. The van der Waals surface area contributed by atoms with Crippen LogP contribution < -0.4 is 5.32 Å². The molecule has 1 atom stereocenters. The fourth-order valence-electron chi connectivity index (χ4n) is 2.80. The van der Waals surface area contributed by atoms with Gasteiger partial charge in [0.25, 0.3) is 11.8 Å². The van der Waals surface area contributed by atoms with Crippen molar-refractivity contribution in [1.29, 1.82) is 0 Å². The van der Waals surface area contributed by atoms with E-state index in [0.29, 0.717) is 5.56 Å². The lowest BCUT2D eigenvalue weighted by atomic mass is 9.74. The summed E-state index contributed by atoms with van der Waals surface area (Å²) in [6.07, 6.45) is 0.191. The summed E-state index contributed by atoms with van der Waals surface area (Å²) in [6, 6.07) is 7.81. The Labute approximate surface area is 134 Å². The molecule has 1 aliphatic rings. The first kappa shape index (κ1) is 16.7. The molecule has 7 nitrogen and oxygen atoms in total. The van der Waals surface area contributed by atoms with Gasteiger partial charge in [-0.15, -0.1) is 0 Å². The Kier molecular flexibility index (Phi) is 4.49. The zero-order valence-electron chi connectivity index (χ0n) is 13.3. The molecule has 23 heavy (non-hydrogen) atoms. The van der Waals surface area contributed by atoms with Crippen molar-refractivity contribution in [3.63, 3.8) is 0 Å². The van der Waals surface area contributed by atoms with Crippen molar-refractivity contribution in [3.8, 4) is 0 Å². The Hall–Kier alpha value is -2.70. The van der Waals surface area contributed by atoms with Crippen LogP contribution in [0, 0.1) is 0 Å². The van der Waals surface area contributed by atoms with E-state index < -0.39 is 35.7 Å². The van der Waals surface area contributed by atoms with Gasteiger partial charge in [-0.2, -0.15) is 0 Å². The average Bonchev–Trinajstić information content (AvgIpc) is 2.58. The van der Waals surface area contributed by atoms with Crippen LogP contribution in [0.15, 0.2) is 30.3 Å². The van der Waals surface area contributed by atoms with Gasteiger partial charge in [-0.25, -0.2) is 4.79 Å². The van der Waals surface area contributed by atoms with Crippen molar-refractivity contribution in [3.05, 3.63) is 35.9 Å². The first-order valence-electron chi connectivity index (χ1n) is 7.30. The highest BCUT2D eigenvalue weighted by molar-refractivity contribution is 6.23. The van der Waals surface area contributed by atoms with Crippen LogP contribution in [0.1, 0.15) is 18.9 Å². The van der Waals surface area contributed by atoms with E-state index in [2.05, 4.69) is 5.32 Å². The van der Waals surface area contributed by atoms with Crippen molar-refractivity contribution in [1.82, 2.24) is 15.1 Å². The average molecular weight is 317 g/mol. The molecule has 0 spiro atoms. The number of benzene rings is 1. The van der Waals surface area contributed by atoms with Gasteiger partial charge in [0, 0.05) is 14.1 Å². The van der Waals surface area contributed by atoms with Crippen LogP contribution in [-0.4, -0.2) is 54.2 Å². The van der Waals surface area contributed by atoms with Gasteiger partial charge in [0.1, 0.15) is 6.54 Å². The molecule has 0 radical (unpaired) electrons. The SMILES string of the molecule is CC[C@@]1(c2ccccc2)C(=O)N(C)C(=O)N(CC(=O)NC)C1=O. The van der Waals surface area contributed by atoms with E-state index in [0.717, 1.165) is 9.80 Å². The Morgan fingerprint density at radius 3 is 2.26 bits per heavy atom.